The van der Waals surface area contributed by atoms with Gasteiger partial charge >= 0.3 is 5.97 Å². The molecule has 0 radical (unpaired) electrons. The van der Waals surface area contributed by atoms with Gasteiger partial charge in [-0.3, -0.25) is 9.59 Å². The standard InChI is InChI=1S/C26H25NO4/c1-2-16-31-20-14-12-19(13-15-20)24-23(26(29)30)21-10-6-7-11-22(21)25(28)27(24)17-18-8-4-3-5-9-18/h3-15,23-24H,2,16-17H2,1H3,(H,29,30)/t23-,24+/m1/s1. The van der Waals surface area contributed by atoms with Gasteiger partial charge in [-0.15, -0.1) is 0 Å². The van der Waals surface area contributed by atoms with E-state index in [1.165, 1.54) is 0 Å². The maximum Gasteiger partial charge on any atom is 0.313 e. The Balaban J connectivity index is 1.80. The van der Waals surface area contributed by atoms with Crippen molar-refractivity contribution < 1.29 is 19.4 Å². The average Bonchev–Trinajstić information content (AvgIpc) is 2.80. The molecule has 5 nitrogen and oxygen atoms in total. The van der Waals surface area contributed by atoms with Crippen LogP contribution in [0.25, 0.3) is 0 Å². The average molecular weight is 415 g/mol. The van der Waals surface area contributed by atoms with E-state index in [1.54, 1.807) is 29.2 Å². The number of hydrogen-bond donors (Lipinski definition) is 1. The molecule has 0 spiro atoms. The number of carboxylic acid groups (broad SMARTS) is 1. The quantitative estimate of drug-likeness (QED) is 0.587. The number of fused-ring (bicyclic) bond motifs is 1. The maximum atomic E-state index is 13.5. The van der Waals surface area contributed by atoms with Crippen LogP contribution in [0.15, 0.2) is 78.9 Å². The lowest BCUT2D eigenvalue weighted by Gasteiger charge is -2.41. The lowest BCUT2D eigenvalue weighted by molar-refractivity contribution is -0.140. The summed E-state index contributed by atoms with van der Waals surface area (Å²) < 4.78 is 5.67. The van der Waals surface area contributed by atoms with Gasteiger partial charge in [-0.05, 0) is 41.3 Å². The number of benzene rings is 3. The van der Waals surface area contributed by atoms with E-state index in [4.69, 9.17) is 4.74 Å². The third kappa shape index (κ3) is 4.17. The molecular weight excluding hydrogens is 390 g/mol. The minimum Gasteiger partial charge on any atom is -0.494 e. The van der Waals surface area contributed by atoms with Crippen LogP contribution in [-0.4, -0.2) is 28.5 Å². The van der Waals surface area contributed by atoms with Crippen LogP contribution in [0.4, 0.5) is 0 Å². The van der Waals surface area contributed by atoms with E-state index >= 15 is 0 Å². The second kappa shape index (κ2) is 9.04. The Morgan fingerprint density at radius 1 is 0.968 bits per heavy atom. The Kier molecular flexibility index (Phi) is 6.03. The lowest BCUT2D eigenvalue weighted by Crippen LogP contribution is -2.44. The summed E-state index contributed by atoms with van der Waals surface area (Å²) in [5.74, 6) is -1.24. The number of ether oxygens (including phenoxy) is 1. The highest BCUT2D eigenvalue weighted by molar-refractivity contribution is 6.00. The second-order valence-electron chi connectivity index (χ2n) is 7.68. The SMILES string of the molecule is CCCOc1ccc([C@H]2[C@H](C(=O)O)c3ccccc3C(=O)N2Cc2ccccc2)cc1. The molecule has 4 rings (SSSR count). The predicted molar refractivity (Wildman–Crippen MR) is 118 cm³/mol. The molecule has 0 saturated carbocycles. The van der Waals surface area contributed by atoms with Gasteiger partial charge in [-0.2, -0.15) is 0 Å². The zero-order valence-electron chi connectivity index (χ0n) is 17.4. The zero-order chi connectivity index (χ0) is 21.8. The first kappa shape index (κ1) is 20.7. The van der Waals surface area contributed by atoms with Crippen LogP contribution in [0.5, 0.6) is 5.75 Å². The molecule has 158 valence electrons. The van der Waals surface area contributed by atoms with Crippen LogP contribution in [0.3, 0.4) is 0 Å². The molecule has 0 saturated heterocycles. The Morgan fingerprint density at radius 2 is 1.65 bits per heavy atom. The second-order valence-corrected chi connectivity index (χ2v) is 7.68. The van der Waals surface area contributed by atoms with Gasteiger partial charge in [0.1, 0.15) is 11.7 Å². The van der Waals surface area contributed by atoms with Crippen LogP contribution in [0.1, 0.15) is 52.4 Å². The minimum atomic E-state index is -0.950. The van der Waals surface area contributed by atoms with Crippen molar-refractivity contribution in [2.24, 2.45) is 0 Å². The number of aliphatic carboxylic acids is 1. The molecule has 1 amide bonds. The summed E-state index contributed by atoms with van der Waals surface area (Å²) in [4.78, 5) is 27.6. The highest BCUT2D eigenvalue weighted by Crippen LogP contribution is 2.43. The summed E-state index contributed by atoms with van der Waals surface area (Å²) in [6.45, 7) is 2.99. The molecule has 1 N–H and O–H groups in total. The lowest BCUT2D eigenvalue weighted by atomic mass is 9.79. The van der Waals surface area contributed by atoms with Gasteiger partial charge in [-0.1, -0.05) is 67.6 Å². The first-order chi connectivity index (χ1) is 15.1. The number of amides is 1. The molecule has 1 heterocycles. The number of rotatable bonds is 7. The third-order valence-corrected chi connectivity index (χ3v) is 5.59. The van der Waals surface area contributed by atoms with E-state index in [0.717, 1.165) is 23.3 Å². The molecule has 31 heavy (non-hydrogen) atoms. The molecule has 0 fully saturated rings. The van der Waals surface area contributed by atoms with Gasteiger partial charge < -0.3 is 14.7 Å². The molecule has 0 aliphatic carbocycles. The Bertz CT molecular complexity index is 1060. The van der Waals surface area contributed by atoms with E-state index in [9.17, 15) is 14.7 Å². The predicted octanol–water partition coefficient (Wildman–Crippen LogP) is 5.04. The summed E-state index contributed by atoms with van der Waals surface area (Å²) >= 11 is 0. The molecule has 0 aromatic heterocycles. The van der Waals surface area contributed by atoms with Crippen molar-refractivity contribution in [1.82, 2.24) is 4.90 Å². The molecule has 2 atom stereocenters. The van der Waals surface area contributed by atoms with Crippen LogP contribution >= 0.6 is 0 Å². The Hall–Kier alpha value is -3.60. The van der Waals surface area contributed by atoms with E-state index in [1.807, 2.05) is 61.5 Å². The molecule has 0 bridgehead atoms. The fraction of sp³-hybridized carbons (Fsp3) is 0.231. The van der Waals surface area contributed by atoms with Gasteiger partial charge in [0.25, 0.3) is 5.91 Å². The number of carbonyl (C=O) groups excluding carboxylic acids is 1. The molecule has 1 aliphatic heterocycles. The zero-order valence-corrected chi connectivity index (χ0v) is 17.4. The van der Waals surface area contributed by atoms with Gasteiger partial charge in [-0.25, -0.2) is 0 Å². The van der Waals surface area contributed by atoms with Crippen molar-refractivity contribution in [1.29, 1.82) is 0 Å². The highest BCUT2D eigenvalue weighted by atomic mass is 16.5. The van der Waals surface area contributed by atoms with Crippen LogP contribution in [0.2, 0.25) is 0 Å². The van der Waals surface area contributed by atoms with Crippen LogP contribution in [0, 0.1) is 0 Å². The summed E-state index contributed by atoms with van der Waals surface area (Å²) in [6, 6.07) is 23.5. The van der Waals surface area contributed by atoms with Gasteiger partial charge in [0.15, 0.2) is 0 Å². The van der Waals surface area contributed by atoms with E-state index in [-0.39, 0.29) is 5.91 Å². The van der Waals surface area contributed by atoms with Crippen molar-refractivity contribution in [3.05, 3.63) is 101 Å². The Morgan fingerprint density at radius 3 is 2.32 bits per heavy atom. The van der Waals surface area contributed by atoms with Gasteiger partial charge in [0.05, 0.1) is 12.6 Å². The van der Waals surface area contributed by atoms with Gasteiger partial charge in [0, 0.05) is 12.1 Å². The summed E-state index contributed by atoms with van der Waals surface area (Å²) in [7, 11) is 0. The van der Waals surface area contributed by atoms with Crippen LogP contribution in [-0.2, 0) is 11.3 Å². The fourth-order valence-corrected chi connectivity index (χ4v) is 4.17. The Labute approximate surface area is 181 Å². The van der Waals surface area contributed by atoms with Crippen molar-refractivity contribution in [3.63, 3.8) is 0 Å². The minimum absolute atomic E-state index is 0.159. The summed E-state index contributed by atoms with van der Waals surface area (Å²) in [5, 5.41) is 10.2. The van der Waals surface area contributed by atoms with Gasteiger partial charge in [0.2, 0.25) is 0 Å². The summed E-state index contributed by atoms with van der Waals surface area (Å²) in [6.07, 6.45) is 0.904. The first-order valence-corrected chi connectivity index (χ1v) is 10.5. The monoisotopic (exact) mass is 415 g/mol. The largest absolute Gasteiger partial charge is 0.494 e. The highest BCUT2D eigenvalue weighted by Gasteiger charge is 2.44. The van der Waals surface area contributed by atoms with Crippen molar-refractivity contribution in [3.8, 4) is 5.75 Å². The number of carboxylic acids is 1. The third-order valence-electron chi connectivity index (χ3n) is 5.59. The molecule has 1 aliphatic rings. The van der Waals surface area contributed by atoms with Crippen molar-refractivity contribution in [2.75, 3.05) is 6.61 Å². The van der Waals surface area contributed by atoms with Crippen molar-refractivity contribution in [2.45, 2.75) is 31.8 Å². The normalized spacial score (nSPS) is 17.8. The van der Waals surface area contributed by atoms with E-state index in [2.05, 4.69) is 0 Å². The summed E-state index contributed by atoms with van der Waals surface area (Å²) in [5.41, 5.74) is 2.73. The molecule has 0 unspecified atom stereocenters. The fourth-order valence-electron chi connectivity index (χ4n) is 4.17. The van der Waals surface area contributed by atoms with Crippen LogP contribution < -0.4 is 4.74 Å². The van der Waals surface area contributed by atoms with Crippen molar-refractivity contribution >= 4 is 11.9 Å². The number of carbonyl (C=O) groups is 2. The maximum absolute atomic E-state index is 13.5. The van der Waals surface area contributed by atoms with E-state index in [0.29, 0.717) is 24.3 Å². The molecule has 3 aromatic carbocycles. The van der Waals surface area contributed by atoms with E-state index < -0.39 is 17.9 Å². The number of hydrogen-bond acceptors (Lipinski definition) is 3. The molecular formula is C26H25NO4. The molecule has 5 heteroatoms. The number of nitrogens with zero attached hydrogens (tertiary/aromatic N) is 1. The molecule has 3 aromatic rings. The first-order valence-electron chi connectivity index (χ1n) is 10.5. The topological polar surface area (TPSA) is 66.8 Å². The smallest absolute Gasteiger partial charge is 0.313 e.